The van der Waals surface area contributed by atoms with Gasteiger partial charge in [0.2, 0.25) is 15.9 Å². The number of rotatable bonds is 5. The maximum absolute atomic E-state index is 12.0. The van der Waals surface area contributed by atoms with Crippen LogP contribution in [0.5, 0.6) is 0 Å². The Morgan fingerprint density at radius 1 is 1.27 bits per heavy atom. The fraction of sp³-hybridized carbons (Fsp3) is 0.562. The number of benzene rings is 1. The normalized spacial score (nSPS) is 16.2. The Kier molecular flexibility index (Phi) is 5.11. The first-order chi connectivity index (χ1) is 10.3. The van der Waals surface area contributed by atoms with Crippen molar-refractivity contribution in [1.29, 1.82) is 0 Å². The van der Waals surface area contributed by atoms with Crippen LogP contribution in [-0.2, 0) is 14.8 Å². The predicted molar refractivity (Wildman–Crippen MR) is 89.6 cm³/mol. The molecule has 1 aliphatic rings. The van der Waals surface area contributed by atoms with Crippen molar-refractivity contribution >= 4 is 27.3 Å². The molecule has 1 aromatic carbocycles. The van der Waals surface area contributed by atoms with E-state index in [0.29, 0.717) is 12.1 Å². The lowest BCUT2D eigenvalue weighted by Gasteiger charge is -2.28. The molecule has 6 heteroatoms. The summed E-state index contributed by atoms with van der Waals surface area (Å²) in [6.07, 6.45) is 2.54. The Labute approximate surface area is 132 Å². The molecule has 5 nitrogen and oxygen atoms in total. The van der Waals surface area contributed by atoms with E-state index in [1.54, 1.807) is 17.0 Å². The predicted octanol–water partition coefficient (Wildman–Crippen LogP) is 2.91. The third-order valence-electron chi connectivity index (χ3n) is 3.64. The maximum atomic E-state index is 12.0. The number of hydrogen-bond acceptors (Lipinski definition) is 3. The molecule has 122 valence electrons. The molecule has 1 heterocycles. The average Bonchev–Trinajstić information content (AvgIpc) is 2.38. The van der Waals surface area contributed by atoms with Gasteiger partial charge in [0.15, 0.2) is 0 Å². The molecule has 1 N–H and O–H groups in total. The van der Waals surface area contributed by atoms with Crippen LogP contribution in [0.4, 0.5) is 11.4 Å². The van der Waals surface area contributed by atoms with E-state index in [0.717, 1.165) is 30.6 Å². The summed E-state index contributed by atoms with van der Waals surface area (Å²) in [5.74, 6) is 0.310. The summed E-state index contributed by atoms with van der Waals surface area (Å²) in [4.78, 5) is 13.8. The first-order valence-corrected chi connectivity index (χ1v) is 9.35. The van der Waals surface area contributed by atoms with Gasteiger partial charge in [-0.3, -0.25) is 9.52 Å². The van der Waals surface area contributed by atoms with Crippen molar-refractivity contribution < 1.29 is 13.2 Å². The summed E-state index contributed by atoms with van der Waals surface area (Å²) in [7, 11) is -3.33. The molecule has 0 saturated carbocycles. The molecule has 22 heavy (non-hydrogen) atoms. The molecule has 1 aromatic rings. The number of hydrogen-bond donors (Lipinski definition) is 1. The lowest BCUT2D eigenvalue weighted by Crippen LogP contribution is -2.35. The van der Waals surface area contributed by atoms with Crippen LogP contribution in [-0.4, -0.2) is 26.6 Å². The van der Waals surface area contributed by atoms with Crippen molar-refractivity contribution in [3.63, 3.8) is 0 Å². The summed E-state index contributed by atoms with van der Waals surface area (Å²) in [6.45, 7) is 6.38. The highest BCUT2D eigenvalue weighted by atomic mass is 32.2. The molecule has 1 saturated heterocycles. The van der Waals surface area contributed by atoms with Gasteiger partial charge in [-0.1, -0.05) is 13.8 Å². The van der Waals surface area contributed by atoms with Crippen LogP contribution >= 0.6 is 0 Å². The Morgan fingerprint density at radius 2 is 2.00 bits per heavy atom. The summed E-state index contributed by atoms with van der Waals surface area (Å²) < 4.78 is 26.6. The topological polar surface area (TPSA) is 66.5 Å². The number of nitrogens with one attached hydrogen (secondary N) is 1. The van der Waals surface area contributed by atoms with E-state index in [2.05, 4.69) is 4.72 Å². The summed E-state index contributed by atoms with van der Waals surface area (Å²) >= 11 is 0. The molecule has 0 aliphatic carbocycles. The fourth-order valence-electron chi connectivity index (χ4n) is 2.74. The standard InChI is InChI=1S/C16H24N2O3S/c1-12(2)11-22(20,21)17-14-7-8-15(13(3)10-14)18-9-5-4-6-16(18)19/h7-8,10,12,17H,4-6,9,11H2,1-3H3. The van der Waals surface area contributed by atoms with Crippen LogP contribution in [0.15, 0.2) is 18.2 Å². The van der Waals surface area contributed by atoms with Crippen molar-refractivity contribution in [2.45, 2.75) is 40.0 Å². The van der Waals surface area contributed by atoms with E-state index in [4.69, 9.17) is 0 Å². The molecule has 0 unspecified atom stereocenters. The highest BCUT2D eigenvalue weighted by Gasteiger charge is 2.21. The number of piperidine rings is 1. The number of carbonyl (C=O) groups excluding carboxylic acids is 1. The zero-order valence-corrected chi connectivity index (χ0v) is 14.2. The molecule has 1 aliphatic heterocycles. The van der Waals surface area contributed by atoms with Crippen LogP contribution in [0.3, 0.4) is 0 Å². The minimum absolute atomic E-state index is 0.0730. The van der Waals surface area contributed by atoms with E-state index >= 15 is 0 Å². The first-order valence-electron chi connectivity index (χ1n) is 7.70. The zero-order valence-electron chi connectivity index (χ0n) is 13.4. The van der Waals surface area contributed by atoms with Gasteiger partial charge in [0.25, 0.3) is 0 Å². The number of carbonyl (C=O) groups is 1. The number of anilines is 2. The molecule has 0 bridgehead atoms. The molecule has 0 radical (unpaired) electrons. The van der Waals surface area contributed by atoms with Crippen LogP contribution in [0.25, 0.3) is 0 Å². The van der Waals surface area contributed by atoms with Crippen molar-refractivity contribution in [2.24, 2.45) is 5.92 Å². The number of aryl methyl sites for hydroxylation is 1. The molecular weight excluding hydrogens is 300 g/mol. The Hall–Kier alpha value is -1.56. The highest BCUT2D eigenvalue weighted by molar-refractivity contribution is 7.92. The van der Waals surface area contributed by atoms with Crippen LogP contribution in [0.2, 0.25) is 0 Å². The van der Waals surface area contributed by atoms with E-state index in [-0.39, 0.29) is 17.6 Å². The molecule has 0 atom stereocenters. The second-order valence-electron chi connectivity index (χ2n) is 6.28. The van der Waals surface area contributed by atoms with E-state index in [1.165, 1.54) is 0 Å². The van der Waals surface area contributed by atoms with Gasteiger partial charge in [0.1, 0.15) is 0 Å². The van der Waals surface area contributed by atoms with E-state index < -0.39 is 10.0 Å². The van der Waals surface area contributed by atoms with Gasteiger partial charge in [-0.2, -0.15) is 0 Å². The maximum Gasteiger partial charge on any atom is 0.232 e. The Balaban J connectivity index is 2.18. The van der Waals surface area contributed by atoms with Crippen molar-refractivity contribution in [2.75, 3.05) is 21.9 Å². The zero-order chi connectivity index (χ0) is 16.3. The van der Waals surface area contributed by atoms with Gasteiger partial charge in [-0.15, -0.1) is 0 Å². The Morgan fingerprint density at radius 3 is 2.59 bits per heavy atom. The van der Waals surface area contributed by atoms with Crippen LogP contribution < -0.4 is 9.62 Å². The van der Waals surface area contributed by atoms with Crippen LogP contribution in [0, 0.1) is 12.8 Å². The summed E-state index contributed by atoms with van der Waals surface area (Å²) in [6, 6.07) is 5.34. The number of amides is 1. The molecule has 2 rings (SSSR count). The van der Waals surface area contributed by atoms with Gasteiger partial charge in [0.05, 0.1) is 5.75 Å². The number of nitrogens with zero attached hydrogens (tertiary/aromatic N) is 1. The first kappa shape index (κ1) is 16.8. The van der Waals surface area contributed by atoms with Crippen molar-refractivity contribution in [3.05, 3.63) is 23.8 Å². The third-order valence-corrected chi connectivity index (χ3v) is 5.29. The molecule has 1 amide bonds. The van der Waals surface area contributed by atoms with Crippen LogP contribution in [0.1, 0.15) is 38.7 Å². The van der Waals surface area contributed by atoms with Gasteiger partial charge >= 0.3 is 0 Å². The molecular formula is C16H24N2O3S. The average molecular weight is 324 g/mol. The van der Waals surface area contributed by atoms with Gasteiger partial charge < -0.3 is 4.90 Å². The minimum Gasteiger partial charge on any atom is -0.312 e. The number of sulfonamides is 1. The van der Waals surface area contributed by atoms with E-state index in [1.807, 2.05) is 26.8 Å². The lowest BCUT2D eigenvalue weighted by atomic mass is 10.1. The Bertz CT molecular complexity index is 653. The molecule has 0 aromatic heterocycles. The van der Waals surface area contributed by atoms with E-state index in [9.17, 15) is 13.2 Å². The third kappa shape index (κ3) is 4.22. The SMILES string of the molecule is Cc1cc(NS(=O)(=O)CC(C)C)ccc1N1CCCCC1=O. The largest absolute Gasteiger partial charge is 0.312 e. The minimum atomic E-state index is -3.33. The van der Waals surface area contributed by atoms with Crippen molar-refractivity contribution in [3.8, 4) is 0 Å². The monoisotopic (exact) mass is 324 g/mol. The van der Waals surface area contributed by atoms with Gasteiger partial charge in [-0.25, -0.2) is 8.42 Å². The fourth-order valence-corrected chi connectivity index (χ4v) is 4.19. The molecule has 0 spiro atoms. The summed E-state index contributed by atoms with van der Waals surface area (Å²) in [5, 5.41) is 0. The lowest BCUT2D eigenvalue weighted by molar-refractivity contribution is -0.119. The van der Waals surface area contributed by atoms with Gasteiger partial charge in [0, 0.05) is 24.3 Å². The van der Waals surface area contributed by atoms with Gasteiger partial charge in [-0.05, 0) is 49.4 Å². The quantitative estimate of drug-likeness (QED) is 0.905. The van der Waals surface area contributed by atoms with Crippen molar-refractivity contribution in [1.82, 2.24) is 0 Å². The molecule has 1 fully saturated rings. The summed E-state index contributed by atoms with van der Waals surface area (Å²) in [5.41, 5.74) is 2.32. The smallest absolute Gasteiger partial charge is 0.232 e. The second-order valence-corrected chi connectivity index (χ2v) is 8.05. The second kappa shape index (κ2) is 6.69. The highest BCUT2D eigenvalue weighted by Crippen LogP contribution is 2.27.